The molecule has 0 aliphatic heterocycles. The summed E-state index contributed by atoms with van der Waals surface area (Å²) in [4.78, 5) is 4.85. The first kappa shape index (κ1) is 18.2. The van der Waals surface area contributed by atoms with Gasteiger partial charge in [-0.25, -0.2) is 4.98 Å². The van der Waals surface area contributed by atoms with Crippen molar-refractivity contribution in [3.05, 3.63) is 103 Å². The quantitative estimate of drug-likeness (QED) is 0.466. The van der Waals surface area contributed by atoms with Crippen molar-refractivity contribution in [2.75, 3.05) is 6.54 Å². The number of rotatable bonds is 7. The summed E-state index contributed by atoms with van der Waals surface area (Å²) >= 11 is 0. The van der Waals surface area contributed by atoms with Gasteiger partial charge in [0.05, 0.1) is 23.8 Å². The number of nitrogens with two attached hydrogens (primary N) is 1. The standard InChI is InChI=1S/C25H25N3/c26-18-10-17-23(20-11-4-1-5-12-20)28-19-27-24(21-13-6-2-7-14-21)25(28)22-15-8-3-9-16-22/h1-9,11-16,19,23H,10,17-18,26H2. The molecule has 0 bridgehead atoms. The molecule has 4 rings (SSSR count). The van der Waals surface area contributed by atoms with Crippen molar-refractivity contribution in [3.8, 4) is 22.5 Å². The fourth-order valence-electron chi connectivity index (χ4n) is 3.74. The molecule has 0 saturated heterocycles. The zero-order valence-electron chi connectivity index (χ0n) is 15.9. The molecule has 3 nitrogen and oxygen atoms in total. The highest BCUT2D eigenvalue weighted by molar-refractivity contribution is 5.78. The van der Waals surface area contributed by atoms with Gasteiger partial charge in [-0.3, -0.25) is 0 Å². The Bertz CT molecular complexity index is 992. The molecule has 3 heteroatoms. The molecule has 3 aromatic carbocycles. The molecule has 0 spiro atoms. The minimum Gasteiger partial charge on any atom is -0.330 e. The van der Waals surface area contributed by atoms with E-state index in [9.17, 15) is 0 Å². The molecule has 0 radical (unpaired) electrons. The first-order valence-electron chi connectivity index (χ1n) is 9.81. The highest BCUT2D eigenvalue weighted by atomic mass is 15.1. The van der Waals surface area contributed by atoms with Gasteiger partial charge in [0.15, 0.2) is 0 Å². The van der Waals surface area contributed by atoms with Gasteiger partial charge in [0.1, 0.15) is 0 Å². The van der Waals surface area contributed by atoms with Crippen molar-refractivity contribution in [2.45, 2.75) is 18.9 Å². The van der Waals surface area contributed by atoms with Crippen LogP contribution in [0.3, 0.4) is 0 Å². The van der Waals surface area contributed by atoms with Crippen LogP contribution in [0.5, 0.6) is 0 Å². The second kappa shape index (κ2) is 8.68. The van der Waals surface area contributed by atoms with Crippen molar-refractivity contribution in [3.63, 3.8) is 0 Å². The van der Waals surface area contributed by atoms with Crippen LogP contribution in [-0.2, 0) is 0 Å². The zero-order valence-corrected chi connectivity index (χ0v) is 15.9. The maximum absolute atomic E-state index is 5.85. The molecule has 1 aromatic heterocycles. The van der Waals surface area contributed by atoms with Gasteiger partial charge in [-0.05, 0) is 24.9 Å². The summed E-state index contributed by atoms with van der Waals surface area (Å²) in [5.41, 5.74) is 11.6. The van der Waals surface area contributed by atoms with Crippen LogP contribution in [0.2, 0.25) is 0 Å². The molecule has 0 aliphatic carbocycles. The monoisotopic (exact) mass is 367 g/mol. The largest absolute Gasteiger partial charge is 0.330 e. The number of hydrogen-bond acceptors (Lipinski definition) is 2. The van der Waals surface area contributed by atoms with Crippen molar-refractivity contribution in [1.82, 2.24) is 9.55 Å². The Hall–Kier alpha value is -3.17. The van der Waals surface area contributed by atoms with Crippen molar-refractivity contribution in [1.29, 1.82) is 0 Å². The molecule has 0 fully saturated rings. The number of imidazole rings is 1. The molecule has 140 valence electrons. The minimum absolute atomic E-state index is 0.199. The molecule has 1 heterocycles. The van der Waals surface area contributed by atoms with Gasteiger partial charge in [0, 0.05) is 11.1 Å². The summed E-state index contributed by atoms with van der Waals surface area (Å²) < 4.78 is 2.32. The highest BCUT2D eigenvalue weighted by Crippen LogP contribution is 2.36. The third-order valence-electron chi connectivity index (χ3n) is 5.09. The summed E-state index contributed by atoms with van der Waals surface area (Å²) in [6.45, 7) is 0.685. The van der Waals surface area contributed by atoms with Gasteiger partial charge in [0.25, 0.3) is 0 Å². The van der Waals surface area contributed by atoms with E-state index in [1.54, 1.807) is 0 Å². The van der Waals surface area contributed by atoms with Crippen LogP contribution >= 0.6 is 0 Å². The van der Waals surface area contributed by atoms with Gasteiger partial charge in [-0.2, -0.15) is 0 Å². The molecule has 0 aliphatic rings. The normalized spacial score (nSPS) is 12.0. The first-order chi connectivity index (χ1) is 13.9. The zero-order chi connectivity index (χ0) is 19.2. The van der Waals surface area contributed by atoms with Crippen molar-refractivity contribution in [2.24, 2.45) is 5.73 Å². The Labute approximate surface area is 166 Å². The number of nitrogens with zero attached hydrogens (tertiary/aromatic N) is 2. The molecule has 2 N–H and O–H groups in total. The van der Waals surface area contributed by atoms with Crippen LogP contribution in [-0.4, -0.2) is 16.1 Å². The highest BCUT2D eigenvalue weighted by Gasteiger charge is 2.21. The van der Waals surface area contributed by atoms with E-state index in [0.29, 0.717) is 6.54 Å². The van der Waals surface area contributed by atoms with Crippen LogP contribution in [0.25, 0.3) is 22.5 Å². The summed E-state index contributed by atoms with van der Waals surface area (Å²) in [5.74, 6) is 0. The molecule has 1 atom stereocenters. The maximum atomic E-state index is 5.85. The summed E-state index contributed by atoms with van der Waals surface area (Å²) in [5, 5.41) is 0. The SMILES string of the molecule is NCCCC(c1ccccc1)n1cnc(-c2ccccc2)c1-c1ccccc1. The molecule has 28 heavy (non-hydrogen) atoms. The van der Waals surface area contributed by atoms with Crippen LogP contribution < -0.4 is 5.73 Å². The van der Waals surface area contributed by atoms with E-state index in [2.05, 4.69) is 89.5 Å². The predicted molar refractivity (Wildman–Crippen MR) is 116 cm³/mol. The van der Waals surface area contributed by atoms with E-state index in [-0.39, 0.29) is 6.04 Å². The lowest BCUT2D eigenvalue weighted by molar-refractivity contribution is 0.527. The van der Waals surface area contributed by atoms with E-state index >= 15 is 0 Å². The number of benzene rings is 3. The van der Waals surface area contributed by atoms with Gasteiger partial charge in [-0.15, -0.1) is 0 Å². The lowest BCUT2D eigenvalue weighted by Crippen LogP contribution is -2.13. The molecular weight excluding hydrogens is 342 g/mol. The summed E-state index contributed by atoms with van der Waals surface area (Å²) in [7, 11) is 0. The average molecular weight is 367 g/mol. The second-order valence-corrected chi connectivity index (χ2v) is 6.94. The van der Waals surface area contributed by atoms with Crippen molar-refractivity contribution < 1.29 is 0 Å². The Morgan fingerprint density at radius 3 is 1.93 bits per heavy atom. The van der Waals surface area contributed by atoms with Crippen LogP contribution in [0.4, 0.5) is 0 Å². The molecule has 1 unspecified atom stereocenters. The Morgan fingerprint density at radius 1 is 0.750 bits per heavy atom. The third-order valence-corrected chi connectivity index (χ3v) is 5.09. The van der Waals surface area contributed by atoms with E-state index in [1.165, 1.54) is 11.1 Å². The lowest BCUT2D eigenvalue weighted by atomic mass is 9.99. The molecular formula is C25H25N3. The van der Waals surface area contributed by atoms with Crippen LogP contribution in [0.1, 0.15) is 24.4 Å². The fraction of sp³-hybridized carbons (Fsp3) is 0.160. The maximum Gasteiger partial charge on any atom is 0.0964 e. The van der Waals surface area contributed by atoms with E-state index in [4.69, 9.17) is 10.7 Å². The van der Waals surface area contributed by atoms with Crippen molar-refractivity contribution >= 4 is 0 Å². The van der Waals surface area contributed by atoms with Crippen LogP contribution in [0, 0.1) is 0 Å². The minimum atomic E-state index is 0.199. The number of hydrogen-bond donors (Lipinski definition) is 1. The first-order valence-corrected chi connectivity index (χ1v) is 9.81. The number of aromatic nitrogens is 2. The van der Waals surface area contributed by atoms with Crippen LogP contribution in [0.15, 0.2) is 97.3 Å². The average Bonchev–Trinajstić information content (AvgIpc) is 3.21. The Balaban J connectivity index is 1.89. The van der Waals surface area contributed by atoms with Gasteiger partial charge in [-0.1, -0.05) is 91.0 Å². The molecule has 0 amide bonds. The smallest absolute Gasteiger partial charge is 0.0964 e. The lowest BCUT2D eigenvalue weighted by Gasteiger charge is -2.22. The topological polar surface area (TPSA) is 43.8 Å². The fourth-order valence-corrected chi connectivity index (χ4v) is 3.74. The molecule has 4 aromatic rings. The third kappa shape index (κ3) is 3.75. The second-order valence-electron chi connectivity index (χ2n) is 6.94. The summed E-state index contributed by atoms with van der Waals surface area (Å²) in [6, 6.07) is 31.8. The van der Waals surface area contributed by atoms with Gasteiger partial charge >= 0.3 is 0 Å². The van der Waals surface area contributed by atoms with Gasteiger partial charge in [0.2, 0.25) is 0 Å². The predicted octanol–water partition coefficient (Wildman–Crippen LogP) is 5.55. The summed E-state index contributed by atoms with van der Waals surface area (Å²) in [6.07, 6.45) is 3.93. The van der Waals surface area contributed by atoms with E-state index in [1.807, 2.05) is 12.4 Å². The van der Waals surface area contributed by atoms with E-state index < -0.39 is 0 Å². The Morgan fingerprint density at radius 2 is 1.32 bits per heavy atom. The van der Waals surface area contributed by atoms with Gasteiger partial charge < -0.3 is 10.3 Å². The van der Waals surface area contributed by atoms with E-state index in [0.717, 1.165) is 29.8 Å². The Kier molecular flexibility index (Phi) is 5.64. The molecule has 0 saturated carbocycles.